The number of nitrogens with zero attached hydrogens (tertiary/aromatic N) is 3. The maximum atomic E-state index is 11.4. The monoisotopic (exact) mass is 163 g/mol. The average Bonchev–Trinajstić information content (AvgIpc) is 2.71. The highest BCUT2D eigenvalue weighted by Crippen LogP contribution is 2.36. The zero-order valence-electron chi connectivity index (χ0n) is 6.66. The van der Waals surface area contributed by atoms with Crippen LogP contribution in [0.25, 0.3) is 0 Å². The van der Waals surface area contributed by atoms with E-state index < -0.39 is 0 Å². The van der Waals surface area contributed by atoms with Crippen molar-refractivity contribution in [2.75, 3.05) is 0 Å². The third kappa shape index (κ3) is 0.695. The van der Waals surface area contributed by atoms with E-state index in [1.807, 2.05) is 4.68 Å². The number of carbonyl (C=O) groups is 1. The molecule has 12 heavy (non-hydrogen) atoms. The number of hydrogen-bond acceptors (Lipinski definition) is 3. The van der Waals surface area contributed by atoms with Gasteiger partial charge in [-0.1, -0.05) is 5.21 Å². The van der Waals surface area contributed by atoms with Crippen molar-refractivity contribution in [1.82, 2.24) is 15.0 Å². The van der Waals surface area contributed by atoms with Gasteiger partial charge in [-0.25, -0.2) is 4.68 Å². The Bertz CT molecular complexity index is 351. The molecule has 4 nitrogen and oxygen atoms in total. The third-order valence-electron chi connectivity index (χ3n) is 2.51. The summed E-state index contributed by atoms with van der Waals surface area (Å²) in [6, 6.07) is 0.475. The number of aromatic nitrogens is 3. The first-order chi connectivity index (χ1) is 5.86. The van der Waals surface area contributed by atoms with E-state index in [1.54, 1.807) is 0 Å². The normalized spacial score (nSPS) is 21.5. The number of hydrogen-bond donors (Lipinski definition) is 0. The summed E-state index contributed by atoms with van der Waals surface area (Å²) in [7, 11) is 0. The van der Waals surface area contributed by atoms with Crippen molar-refractivity contribution in [2.24, 2.45) is 0 Å². The molecule has 1 saturated carbocycles. The van der Waals surface area contributed by atoms with E-state index in [0.29, 0.717) is 12.5 Å². The fourth-order valence-corrected chi connectivity index (χ4v) is 1.71. The van der Waals surface area contributed by atoms with Crippen LogP contribution >= 0.6 is 0 Å². The molecule has 2 aliphatic carbocycles. The van der Waals surface area contributed by atoms with Crippen LogP contribution < -0.4 is 0 Å². The number of ketones is 1. The minimum Gasteiger partial charge on any atom is -0.292 e. The Morgan fingerprint density at radius 2 is 2.17 bits per heavy atom. The molecular weight excluding hydrogens is 154 g/mol. The quantitative estimate of drug-likeness (QED) is 0.613. The highest BCUT2D eigenvalue weighted by Gasteiger charge is 2.34. The zero-order valence-corrected chi connectivity index (χ0v) is 6.66. The smallest absolute Gasteiger partial charge is 0.183 e. The van der Waals surface area contributed by atoms with E-state index in [4.69, 9.17) is 0 Å². The summed E-state index contributed by atoms with van der Waals surface area (Å²) in [5.74, 6) is 0.224. The first-order valence-corrected chi connectivity index (χ1v) is 4.33. The topological polar surface area (TPSA) is 47.8 Å². The maximum absolute atomic E-state index is 11.4. The van der Waals surface area contributed by atoms with E-state index in [-0.39, 0.29) is 5.78 Å². The molecule has 62 valence electrons. The van der Waals surface area contributed by atoms with Gasteiger partial charge in [0.05, 0.1) is 11.7 Å². The fourth-order valence-electron chi connectivity index (χ4n) is 1.71. The third-order valence-corrected chi connectivity index (χ3v) is 2.51. The lowest BCUT2D eigenvalue weighted by atomic mass is 10.3. The lowest BCUT2D eigenvalue weighted by Crippen LogP contribution is -2.06. The van der Waals surface area contributed by atoms with Crippen molar-refractivity contribution in [3.63, 3.8) is 0 Å². The van der Waals surface area contributed by atoms with Crippen molar-refractivity contribution < 1.29 is 4.79 Å². The van der Waals surface area contributed by atoms with Gasteiger partial charge in [0.2, 0.25) is 0 Å². The van der Waals surface area contributed by atoms with Gasteiger partial charge in [-0.15, -0.1) is 5.10 Å². The molecule has 0 radical (unpaired) electrons. The molecule has 0 atom stereocenters. The van der Waals surface area contributed by atoms with Gasteiger partial charge in [0.25, 0.3) is 0 Å². The molecule has 1 fully saturated rings. The predicted octanol–water partition coefficient (Wildman–Crippen LogP) is 0.742. The highest BCUT2D eigenvalue weighted by molar-refractivity contribution is 5.98. The van der Waals surface area contributed by atoms with E-state index in [2.05, 4.69) is 10.3 Å². The van der Waals surface area contributed by atoms with Gasteiger partial charge in [-0.3, -0.25) is 4.79 Å². The molecular formula is C8H9N3O. The van der Waals surface area contributed by atoms with Crippen LogP contribution in [0.2, 0.25) is 0 Å². The second-order valence-corrected chi connectivity index (χ2v) is 3.48. The molecule has 3 rings (SSSR count). The second kappa shape index (κ2) is 1.94. The summed E-state index contributed by atoms with van der Waals surface area (Å²) in [4.78, 5) is 11.4. The fraction of sp³-hybridized carbons (Fsp3) is 0.625. The first-order valence-electron chi connectivity index (χ1n) is 4.33. The van der Waals surface area contributed by atoms with Crippen LogP contribution in [0.15, 0.2) is 0 Å². The van der Waals surface area contributed by atoms with E-state index in [0.717, 1.165) is 30.7 Å². The van der Waals surface area contributed by atoms with Crippen molar-refractivity contribution >= 4 is 5.78 Å². The Balaban J connectivity index is 2.15. The summed E-state index contributed by atoms with van der Waals surface area (Å²) in [6.45, 7) is 0. The van der Waals surface area contributed by atoms with Crippen LogP contribution in [0, 0.1) is 0 Å². The summed E-state index contributed by atoms with van der Waals surface area (Å²) in [6.07, 6.45) is 3.74. The van der Waals surface area contributed by atoms with E-state index >= 15 is 0 Å². The molecule has 0 unspecified atom stereocenters. The van der Waals surface area contributed by atoms with Crippen LogP contribution in [0.4, 0.5) is 0 Å². The van der Waals surface area contributed by atoms with Crippen molar-refractivity contribution in [3.05, 3.63) is 11.4 Å². The Labute approximate surface area is 69.6 Å². The van der Waals surface area contributed by atoms with Gasteiger partial charge in [0.15, 0.2) is 5.78 Å². The van der Waals surface area contributed by atoms with Gasteiger partial charge in [0, 0.05) is 12.8 Å². The number of aryl methyl sites for hydroxylation is 1. The Kier molecular flexibility index (Phi) is 1.03. The minimum atomic E-state index is 0.224. The second-order valence-electron chi connectivity index (χ2n) is 3.48. The van der Waals surface area contributed by atoms with Gasteiger partial charge in [0.1, 0.15) is 5.69 Å². The van der Waals surface area contributed by atoms with Crippen molar-refractivity contribution in [3.8, 4) is 0 Å². The number of Topliss-reactive ketones (excluding diaryl/α,β-unsaturated/α-hetero) is 1. The molecule has 0 bridgehead atoms. The SMILES string of the molecule is O=C1CCc2nnn(C3CC3)c21. The van der Waals surface area contributed by atoms with Gasteiger partial charge in [-0.2, -0.15) is 0 Å². The molecule has 1 heterocycles. The lowest BCUT2D eigenvalue weighted by molar-refractivity contribution is 0.0984. The molecule has 0 spiro atoms. The number of fused-ring (bicyclic) bond motifs is 1. The van der Waals surface area contributed by atoms with Crippen LogP contribution in [0.5, 0.6) is 0 Å². The van der Waals surface area contributed by atoms with Crippen LogP contribution in [0.1, 0.15) is 41.5 Å². The molecule has 2 aliphatic rings. The highest BCUT2D eigenvalue weighted by atomic mass is 16.1. The molecule has 4 heteroatoms. The van der Waals surface area contributed by atoms with E-state index in [1.165, 1.54) is 0 Å². The standard InChI is InChI=1S/C8H9N3O/c12-7-4-3-6-8(7)11(10-9-6)5-1-2-5/h5H,1-4H2. The molecule has 1 aromatic heterocycles. The van der Waals surface area contributed by atoms with Crippen molar-refractivity contribution in [1.29, 1.82) is 0 Å². The molecule has 0 N–H and O–H groups in total. The van der Waals surface area contributed by atoms with Crippen LogP contribution in [-0.4, -0.2) is 20.8 Å². The van der Waals surface area contributed by atoms with Crippen molar-refractivity contribution in [2.45, 2.75) is 31.7 Å². The summed E-state index contributed by atoms with van der Waals surface area (Å²) >= 11 is 0. The minimum absolute atomic E-state index is 0.224. The van der Waals surface area contributed by atoms with Gasteiger partial charge >= 0.3 is 0 Å². The van der Waals surface area contributed by atoms with Crippen LogP contribution in [-0.2, 0) is 6.42 Å². The molecule has 0 saturated heterocycles. The molecule has 0 aromatic carbocycles. The largest absolute Gasteiger partial charge is 0.292 e. The Morgan fingerprint density at radius 3 is 2.92 bits per heavy atom. The first kappa shape index (κ1) is 6.34. The maximum Gasteiger partial charge on any atom is 0.183 e. The van der Waals surface area contributed by atoms with Gasteiger partial charge in [-0.05, 0) is 12.8 Å². The average molecular weight is 163 g/mol. The summed E-state index contributed by atoms with van der Waals surface area (Å²) < 4.78 is 1.82. The molecule has 1 aromatic rings. The summed E-state index contributed by atoms with van der Waals surface area (Å²) in [5.41, 5.74) is 1.70. The summed E-state index contributed by atoms with van der Waals surface area (Å²) in [5, 5.41) is 8.00. The predicted molar refractivity (Wildman–Crippen MR) is 40.9 cm³/mol. The van der Waals surface area contributed by atoms with Gasteiger partial charge < -0.3 is 0 Å². The number of carbonyl (C=O) groups excluding carboxylic acids is 1. The Morgan fingerprint density at radius 1 is 1.33 bits per heavy atom. The molecule has 0 amide bonds. The van der Waals surface area contributed by atoms with Crippen LogP contribution in [0.3, 0.4) is 0 Å². The van der Waals surface area contributed by atoms with E-state index in [9.17, 15) is 4.79 Å². The Hall–Kier alpha value is -1.19. The zero-order chi connectivity index (χ0) is 8.13. The lowest BCUT2D eigenvalue weighted by Gasteiger charge is -1.97. The number of rotatable bonds is 1. The molecule has 0 aliphatic heterocycles.